The van der Waals surface area contributed by atoms with Crippen molar-refractivity contribution in [3.8, 4) is 0 Å². The van der Waals surface area contributed by atoms with Crippen LogP contribution in [0.2, 0.25) is 0 Å². The lowest BCUT2D eigenvalue weighted by atomic mass is 10.2. The number of ether oxygens (including phenoxy) is 1. The fourth-order valence-corrected chi connectivity index (χ4v) is 2.91. The van der Waals surface area contributed by atoms with Gasteiger partial charge in [0.15, 0.2) is 5.16 Å². The Labute approximate surface area is 152 Å². The molecule has 0 aliphatic carbocycles. The van der Waals surface area contributed by atoms with E-state index in [0.717, 1.165) is 24.5 Å². The summed E-state index contributed by atoms with van der Waals surface area (Å²) >= 11 is 1.39. The van der Waals surface area contributed by atoms with Crippen molar-refractivity contribution in [1.82, 2.24) is 9.55 Å². The van der Waals surface area contributed by atoms with Gasteiger partial charge in [-0.15, -0.1) is 0 Å². The Kier molecular flexibility index (Phi) is 7.53. The monoisotopic (exact) mass is 361 g/mol. The molecule has 2 rings (SSSR count). The summed E-state index contributed by atoms with van der Waals surface area (Å²) in [4.78, 5) is 28.1. The second-order valence-electron chi connectivity index (χ2n) is 5.40. The number of hydrogen-bond donors (Lipinski definition) is 1. The van der Waals surface area contributed by atoms with Gasteiger partial charge in [0.05, 0.1) is 17.9 Å². The van der Waals surface area contributed by atoms with E-state index in [1.54, 1.807) is 30.5 Å². The molecule has 0 radical (unpaired) electrons. The largest absolute Gasteiger partial charge is 0.462 e. The van der Waals surface area contributed by atoms with Gasteiger partial charge < -0.3 is 14.6 Å². The number of thioether (sulfide) groups is 1. The van der Waals surface area contributed by atoms with Crippen LogP contribution in [0.4, 0.5) is 5.69 Å². The van der Waals surface area contributed by atoms with E-state index < -0.39 is 0 Å². The molecular formula is C18H23N3O3S. The average molecular weight is 361 g/mol. The van der Waals surface area contributed by atoms with Crippen LogP contribution in [0.1, 0.15) is 37.0 Å². The molecule has 0 unspecified atom stereocenters. The van der Waals surface area contributed by atoms with Gasteiger partial charge in [0, 0.05) is 24.6 Å². The lowest BCUT2D eigenvalue weighted by molar-refractivity contribution is -0.113. The number of hydrogen-bond acceptors (Lipinski definition) is 5. The number of unbranched alkanes of at least 4 members (excludes halogenated alkanes) is 1. The summed E-state index contributed by atoms with van der Waals surface area (Å²) in [5, 5.41) is 3.63. The predicted molar refractivity (Wildman–Crippen MR) is 98.9 cm³/mol. The Morgan fingerprint density at radius 2 is 2.00 bits per heavy atom. The van der Waals surface area contributed by atoms with Crippen LogP contribution in [-0.4, -0.2) is 33.8 Å². The molecule has 0 saturated heterocycles. The van der Waals surface area contributed by atoms with Crippen molar-refractivity contribution in [2.45, 2.75) is 38.4 Å². The summed E-state index contributed by atoms with van der Waals surface area (Å²) in [5.74, 6) is -0.181. The maximum atomic E-state index is 12.0. The Morgan fingerprint density at radius 3 is 2.68 bits per heavy atom. The number of benzene rings is 1. The van der Waals surface area contributed by atoms with Gasteiger partial charge in [0.1, 0.15) is 0 Å². The molecule has 7 heteroatoms. The molecule has 1 amide bonds. The number of esters is 1. The minimum Gasteiger partial charge on any atom is -0.462 e. The number of aryl methyl sites for hydroxylation is 1. The van der Waals surface area contributed by atoms with Gasteiger partial charge in [-0.3, -0.25) is 4.79 Å². The number of nitrogens with zero attached hydrogens (tertiary/aromatic N) is 2. The highest BCUT2D eigenvalue weighted by atomic mass is 32.2. The molecule has 0 aliphatic heterocycles. The van der Waals surface area contributed by atoms with Gasteiger partial charge in [-0.05, 0) is 37.6 Å². The van der Waals surface area contributed by atoms with Crippen molar-refractivity contribution < 1.29 is 14.3 Å². The van der Waals surface area contributed by atoms with Gasteiger partial charge in [-0.2, -0.15) is 0 Å². The zero-order valence-electron chi connectivity index (χ0n) is 14.5. The van der Waals surface area contributed by atoms with E-state index in [4.69, 9.17) is 4.74 Å². The number of carbonyl (C=O) groups excluding carboxylic acids is 2. The average Bonchev–Trinajstić information content (AvgIpc) is 3.08. The number of amides is 1. The fraction of sp³-hybridized carbons (Fsp3) is 0.389. The molecule has 1 N–H and O–H groups in total. The summed E-state index contributed by atoms with van der Waals surface area (Å²) in [6, 6.07) is 6.71. The number of anilines is 1. The van der Waals surface area contributed by atoms with Crippen molar-refractivity contribution in [2.75, 3.05) is 17.7 Å². The SMILES string of the molecule is CCCCOC(=O)c1ccc(NC(=O)CSc2nccn2CC)cc1. The molecule has 0 atom stereocenters. The third kappa shape index (κ3) is 5.94. The summed E-state index contributed by atoms with van der Waals surface area (Å²) < 4.78 is 7.14. The van der Waals surface area contributed by atoms with Crippen molar-refractivity contribution in [3.05, 3.63) is 42.2 Å². The normalized spacial score (nSPS) is 10.5. The first-order valence-electron chi connectivity index (χ1n) is 8.35. The first-order chi connectivity index (χ1) is 12.1. The molecule has 134 valence electrons. The molecule has 2 aromatic rings. The fourth-order valence-electron chi connectivity index (χ4n) is 2.09. The van der Waals surface area contributed by atoms with Gasteiger partial charge >= 0.3 is 5.97 Å². The standard InChI is InChI=1S/C18H23N3O3S/c1-3-5-12-24-17(23)14-6-8-15(9-7-14)20-16(22)13-25-18-19-10-11-21(18)4-2/h6-11H,3-5,12-13H2,1-2H3,(H,20,22). The number of rotatable bonds is 9. The van der Waals surface area contributed by atoms with Crippen LogP contribution in [-0.2, 0) is 16.1 Å². The quantitative estimate of drug-likeness (QED) is 0.420. The van der Waals surface area contributed by atoms with Crippen LogP contribution >= 0.6 is 11.8 Å². The minimum atomic E-state index is -0.340. The second kappa shape index (κ2) is 9.88. The Bertz CT molecular complexity index is 698. The molecular weight excluding hydrogens is 338 g/mol. The van der Waals surface area contributed by atoms with E-state index in [1.807, 2.05) is 24.6 Å². The van der Waals surface area contributed by atoms with Crippen molar-refractivity contribution in [1.29, 1.82) is 0 Å². The highest BCUT2D eigenvalue weighted by molar-refractivity contribution is 7.99. The number of aromatic nitrogens is 2. The molecule has 1 aromatic carbocycles. The molecule has 6 nitrogen and oxygen atoms in total. The maximum Gasteiger partial charge on any atom is 0.338 e. The van der Waals surface area contributed by atoms with Gasteiger partial charge in [-0.1, -0.05) is 25.1 Å². The Hall–Kier alpha value is -2.28. The Morgan fingerprint density at radius 1 is 1.24 bits per heavy atom. The number of nitrogens with one attached hydrogen (secondary N) is 1. The second-order valence-corrected chi connectivity index (χ2v) is 6.34. The van der Waals surface area contributed by atoms with E-state index in [9.17, 15) is 9.59 Å². The summed E-state index contributed by atoms with van der Waals surface area (Å²) in [6.45, 7) is 5.32. The first kappa shape index (κ1) is 19.1. The molecule has 1 aromatic heterocycles. The number of imidazole rings is 1. The first-order valence-corrected chi connectivity index (χ1v) is 9.33. The molecule has 0 saturated carbocycles. The van der Waals surface area contributed by atoms with Gasteiger partial charge in [0.25, 0.3) is 0 Å². The van der Waals surface area contributed by atoms with E-state index >= 15 is 0 Å². The summed E-state index contributed by atoms with van der Waals surface area (Å²) in [7, 11) is 0. The highest BCUT2D eigenvalue weighted by Gasteiger charge is 2.09. The van der Waals surface area contributed by atoms with Crippen LogP contribution in [0.5, 0.6) is 0 Å². The van der Waals surface area contributed by atoms with Crippen molar-refractivity contribution in [2.24, 2.45) is 0 Å². The zero-order valence-corrected chi connectivity index (χ0v) is 15.3. The van der Waals surface area contributed by atoms with Crippen molar-refractivity contribution >= 4 is 29.3 Å². The smallest absolute Gasteiger partial charge is 0.338 e. The molecule has 0 fully saturated rings. The maximum absolute atomic E-state index is 12.0. The molecule has 0 bridgehead atoms. The van der Waals surface area contributed by atoms with Crippen molar-refractivity contribution in [3.63, 3.8) is 0 Å². The predicted octanol–water partition coefficient (Wildman–Crippen LogP) is 3.59. The molecule has 1 heterocycles. The third-order valence-corrected chi connectivity index (χ3v) is 4.49. The molecule has 0 aliphatic rings. The molecule has 25 heavy (non-hydrogen) atoms. The highest BCUT2D eigenvalue weighted by Crippen LogP contribution is 2.17. The van der Waals surface area contributed by atoms with E-state index in [1.165, 1.54) is 11.8 Å². The lowest BCUT2D eigenvalue weighted by Crippen LogP contribution is -2.14. The third-order valence-electron chi connectivity index (χ3n) is 3.49. The van der Waals surface area contributed by atoms with Crippen LogP contribution in [0.25, 0.3) is 0 Å². The summed E-state index contributed by atoms with van der Waals surface area (Å²) in [6.07, 6.45) is 5.45. The summed E-state index contributed by atoms with van der Waals surface area (Å²) in [5.41, 5.74) is 1.13. The van der Waals surface area contributed by atoms with E-state index in [-0.39, 0.29) is 17.6 Å². The van der Waals surface area contributed by atoms with Crippen LogP contribution in [0, 0.1) is 0 Å². The van der Waals surface area contributed by atoms with Crippen LogP contribution < -0.4 is 5.32 Å². The van der Waals surface area contributed by atoms with Crippen LogP contribution in [0.3, 0.4) is 0 Å². The van der Waals surface area contributed by atoms with Crippen LogP contribution in [0.15, 0.2) is 41.8 Å². The van der Waals surface area contributed by atoms with Gasteiger partial charge in [-0.25, -0.2) is 9.78 Å². The topological polar surface area (TPSA) is 73.2 Å². The van der Waals surface area contributed by atoms with E-state index in [0.29, 0.717) is 17.9 Å². The Balaban J connectivity index is 1.82. The molecule has 0 spiro atoms. The minimum absolute atomic E-state index is 0.117. The number of carbonyl (C=O) groups is 2. The van der Waals surface area contributed by atoms with E-state index in [2.05, 4.69) is 10.3 Å². The zero-order chi connectivity index (χ0) is 18.1. The van der Waals surface area contributed by atoms with Gasteiger partial charge in [0.2, 0.25) is 5.91 Å². The lowest BCUT2D eigenvalue weighted by Gasteiger charge is -2.07.